The van der Waals surface area contributed by atoms with E-state index in [9.17, 15) is 0 Å². The Kier molecular flexibility index (Phi) is 3.85. The minimum atomic E-state index is 0.109. The first kappa shape index (κ1) is 14.9. The summed E-state index contributed by atoms with van der Waals surface area (Å²) in [4.78, 5) is 7.45. The molecule has 0 radical (unpaired) electrons. The van der Waals surface area contributed by atoms with E-state index in [0.29, 0.717) is 5.89 Å². The molecule has 23 heavy (non-hydrogen) atoms. The van der Waals surface area contributed by atoms with Crippen molar-refractivity contribution in [3.05, 3.63) is 47.1 Å². The maximum Gasteiger partial charge on any atom is 0.252 e. The van der Waals surface area contributed by atoms with E-state index in [4.69, 9.17) is 9.68 Å². The fraction of sp³-hybridized carbons (Fsp3) is 0.235. The summed E-state index contributed by atoms with van der Waals surface area (Å²) in [7, 11) is 0. The van der Waals surface area contributed by atoms with E-state index >= 15 is 0 Å². The molecule has 0 unspecified atom stereocenters. The van der Waals surface area contributed by atoms with Gasteiger partial charge >= 0.3 is 0 Å². The molecule has 0 spiro atoms. The van der Waals surface area contributed by atoms with Crippen molar-refractivity contribution in [2.75, 3.05) is 5.43 Å². The lowest BCUT2D eigenvalue weighted by molar-refractivity contribution is 0.481. The molecule has 6 nitrogen and oxygen atoms in total. The summed E-state index contributed by atoms with van der Waals surface area (Å²) in [5.74, 6) is 0.893. The van der Waals surface area contributed by atoms with Crippen molar-refractivity contribution in [3.63, 3.8) is 0 Å². The zero-order valence-corrected chi connectivity index (χ0v) is 13.2. The molecule has 2 heterocycles. The second kappa shape index (κ2) is 5.97. The van der Waals surface area contributed by atoms with Gasteiger partial charge in [-0.2, -0.15) is 10.4 Å². The molecule has 0 atom stereocenters. The first-order valence-corrected chi connectivity index (χ1v) is 7.37. The summed E-state index contributed by atoms with van der Waals surface area (Å²) >= 11 is 0. The van der Waals surface area contributed by atoms with Gasteiger partial charge < -0.3 is 9.40 Å². The fourth-order valence-corrected chi connectivity index (χ4v) is 2.36. The van der Waals surface area contributed by atoms with Crippen molar-refractivity contribution in [1.29, 1.82) is 5.26 Å². The number of H-pyrrole nitrogens is 1. The lowest BCUT2D eigenvalue weighted by Crippen LogP contribution is -1.92. The summed E-state index contributed by atoms with van der Waals surface area (Å²) in [6.07, 6.45) is 1.72. The largest absolute Gasteiger partial charge is 0.422 e. The smallest absolute Gasteiger partial charge is 0.252 e. The number of benzene rings is 1. The molecule has 3 aromatic rings. The minimum absolute atomic E-state index is 0.109. The number of fused-ring (bicyclic) bond motifs is 1. The number of hydrogen-bond acceptors (Lipinski definition) is 5. The molecule has 2 aromatic heterocycles. The summed E-state index contributed by atoms with van der Waals surface area (Å²) in [5, 5.41) is 14.4. The SMILES string of the molecule is Cc1[nH]c2ccccc2c1C=NNc1oc(C(C)C)nc1C#N. The number of aromatic amines is 1. The van der Waals surface area contributed by atoms with Crippen LogP contribution in [0, 0.1) is 18.3 Å². The number of nitrogens with zero attached hydrogens (tertiary/aromatic N) is 3. The molecule has 116 valence electrons. The molecule has 0 aliphatic rings. The highest BCUT2D eigenvalue weighted by molar-refractivity contribution is 6.00. The van der Waals surface area contributed by atoms with Gasteiger partial charge in [-0.3, -0.25) is 0 Å². The van der Waals surface area contributed by atoms with E-state index in [0.717, 1.165) is 22.2 Å². The van der Waals surface area contributed by atoms with Gasteiger partial charge in [-0.25, -0.2) is 10.4 Å². The predicted octanol–water partition coefficient (Wildman–Crippen LogP) is 3.91. The quantitative estimate of drug-likeness (QED) is 0.565. The minimum Gasteiger partial charge on any atom is -0.422 e. The molecule has 6 heteroatoms. The van der Waals surface area contributed by atoms with Crippen LogP contribution in [-0.2, 0) is 0 Å². The van der Waals surface area contributed by atoms with Crippen molar-refractivity contribution in [3.8, 4) is 6.07 Å². The van der Waals surface area contributed by atoms with E-state index in [-0.39, 0.29) is 17.5 Å². The van der Waals surface area contributed by atoms with Crippen molar-refractivity contribution in [2.45, 2.75) is 26.7 Å². The lowest BCUT2D eigenvalue weighted by atomic mass is 10.1. The van der Waals surface area contributed by atoms with Gasteiger partial charge in [0.15, 0.2) is 0 Å². The summed E-state index contributed by atoms with van der Waals surface area (Å²) in [6.45, 7) is 5.90. The number of nitrogens with one attached hydrogen (secondary N) is 2. The Bertz CT molecular complexity index is 911. The van der Waals surface area contributed by atoms with Crippen LogP contribution in [0.2, 0.25) is 0 Å². The summed E-state index contributed by atoms with van der Waals surface area (Å²) in [6, 6.07) is 10.0. The van der Waals surface area contributed by atoms with E-state index in [1.54, 1.807) is 6.21 Å². The van der Waals surface area contributed by atoms with Gasteiger partial charge in [0.2, 0.25) is 11.6 Å². The average Bonchev–Trinajstić information content (AvgIpc) is 3.09. The number of rotatable bonds is 4. The van der Waals surface area contributed by atoms with Crippen LogP contribution in [0.3, 0.4) is 0 Å². The zero-order valence-electron chi connectivity index (χ0n) is 13.2. The van der Waals surface area contributed by atoms with Crippen LogP contribution in [0.15, 0.2) is 33.8 Å². The highest BCUT2D eigenvalue weighted by atomic mass is 16.4. The van der Waals surface area contributed by atoms with E-state index < -0.39 is 0 Å². The molecule has 0 bridgehead atoms. The third-order valence-electron chi connectivity index (χ3n) is 3.55. The van der Waals surface area contributed by atoms with E-state index in [1.165, 1.54) is 0 Å². The predicted molar refractivity (Wildman–Crippen MR) is 89.6 cm³/mol. The number of aromatic nitrogens is 2. The molecule has 0 saturated heterocycles. The van der Waals surface area contributed by atoms with Crippen LogP contribution in [-0.4, -0.2) is 16.2 Å². The second-order valence-electron chi connectivity index (χ2n) is 5.58. The topological polar surface area (TPSA) is 90.0 Å². The molecular weight excluding hydrogens is 290 g/mol. The highest BCUT2D eigenvalue weighted by Gasteiger charge is 2.14. The van der Waals surface area contributed by atoms with Gasteiger partial charge in [-0.05, 0) is 13.0 Å². The Balaban J connectivity index is 1.87. The Morgan fingerprint density at radius 3 is 2.91 bits per heavy atom. The average molecular weight is 307 g/mol. The van der Waals surface area contributed by atoms with Crippen LogP contribution in [0.25, 0.3) is 10.9 Å². The zero-order chi connectivity index (χ0) is 16.4. The van der Waals surface area contributed by atoms with Crippen molar-refractivity contribution in [1.82, 2.24) is 9.97 Å². The number of hydrogen-bond donors (Lipinski definition) is 2. The molecular formula is C17H17N5O. The second-order valence-corrected chi connectivity index (χ2v) is 5.58. The molecule has 0 amide bonds. The number of hydrazone groups is 1. The van der Waals surface area contributed by atoms with Gasteiger partial charge in [-0.15, -0.1) is 0 Å². The van der Waals surface area contributed by atoms with Crippen LogP contribution in [0.5, 0.6) is 0 Å². The lowest BCUT2D eigenvalue weighted by Gasteiger charge is -1.97. The van der Waals surface area contributed by atoms with Crippen molar-refractivity contribution < 1.29 is 4.42 Å². The first-order chi connectivity index (χ1) is 11.1. The number of anilines is 1. The molecule has 0 fully saturated rings. The van der Waals surface area contributed by atoms with Crippen LogP contribution in [0.4, 0.5) is 5.88 Å². The Labute approximate surface area is 133 Å². The van der Waals surface area contributed by atoms with Gasteiger partial charge in [0, 0.05) is 28.1 Å². The Hall–Kier alpha value is -3.07. The molecule has 3 rings (SSSR count). The number of nitriles is 1. The standard InChI is InChI=1S/C17H17N5O/c1-10(2)16-21-15(8-18)17(23-16)22-19-9-13-11(3)20-14-7-5-4-6-12(13)14/h4-7,9-10,20,22H,1-3H3. The normalized spacial score (nSPS) is 11.4. The number of aryl methyl sites for hydroxylation is 1. The van der Waals surface area contributed by atoms with E-state index in [2.05, 4.69) is 20.5 Å². The monoisotopic (exact) mass is 307 g/mol. The summed E-state index contributed by atoms with van der Waals surface area (Å²) in [5.41, 5.74) is 6.07. The third-order valence-corrected chi connectivity index (χ3v) is 3.55. The third kappa shape index (κ3) is 2.81. The number of oxazole rings is 1. The van der Waals surface area contributed by atoms with E-state index in [1.807, 2.05) is 51.1 Å². The van der Waals surface area contributed by atoms with Crippen molar-refractivity contribution >= 4 is 23.0 Å². The van der Waals surface area contributed by atoms with Crippen LogP contribution >= 0.6 is 0 Å². The van der Waals surface area contributed by atoms with Crippen LogP contribution in [0.1, 0.15) is 42.6 Å². The molecule has 2 N–H and O–H groups in total. The van der Waals surface area contributed by atoms with Gasteiger partial charge in [0.25, 0.3) is 5.88 Å². The maximum absolute atomic E-state index is 9.11. The van der Waals surface area contributed by atoms with Crippen molar-refractivity contribution in [2.24, 2.45) is 5.10 Å². The molecule has 0 aliphatic heterocycles. The fourth-order valence-electron chi connectivity index (χ4n) is 2.36. The molecule has 0 aliphatic carbocycles. The summed E-state index contributed by atoms with van der Waals surface area (Å²) < 4.78 is 5.54. The van der Waals surface area contributed by atoms with Crippen LogP contribution < -0.4 is 5.43 Å². The maximum atomic E-state index is 9.11. The number of para-hydroxylation sites is 1. The molecule has 1 aromatic carbocycles. The Morgan fingerprint density at radius 2 is 2.17 bits per heavy atom. The highest BCUT2D eigenvalue weighted by Crippen LogP contribution is 2.23. The molecule has 0 saturated carbocycles. The Morgan fingerprint density at radius 1 is 1.39 bits per heavy atom. The van der Waals surface area contributed by atoms with Gasteiger partial charge in [-0.1, -0.05) is 32.0 Å². The van der Waals surface area contributed by atoms with Gasteiger partial charge in [0.05, 0.1) is 6.21 Å². The van der Waals surface area contributed by atoms with Gasteiger partial charge in [0.1, 0.15) is 6.07 Å². The first-order valence-electron chi connectivity index (χ1n) is 7.37.